The number of thioether (sulfide) groups is 1. The second-order valence-corrected chi connectivity index (χ2v) is 6.15. The number of carbonyl (C=O) groups is 1. The molecule has 0 atom stereocenters. The first-order valence-electron chi connectivity index (χ1n) is 7.45. The molecule has 0 spiro atoms. The Labute approximate surface area is 138 Å². The van der Waals surface area contributed by atoms with Gasteiger partial charge >= 0.3 is 0 Å². The first-order valence-corrected chi connectivity index (χ1v) is 8.43. The topological polar surface area (TPSA) is 86.3 Å². The minimum Gasteiger partial charge on any atom is -0.378 e. The Morgan fingerprint density at radius 1 is 1.22 bits per heavy atom. The highest BCUT2D eigenvalue weighted by atomic mass is 32.2. The molecular formula is C15H19N5O2S. The Balaban J connectivity index is 1.87. The van der Waals surface area contributed by atoms with Crippen LogP contribution in [0.15, 0.2) is 35.5 Å². The molecular weight excluding hydrogens is 314 g/mol. The molecule has 8 heteroatoms. The summed E-state index contributed by atoms with van der Waals surface area (Å²) in [6.45, 7) is 3.59. The average molecular weight is 333 g/mol. The fourth-order valence-electron chi connectivity index (χ4n) is 2.43. The number of carbonyl (C=O) groups excluding carboxylic acids is 1. The predicted molar refractivity (Wildman–Crippen MR) is 88.5 cm³/mol. The molecule has 1 amide bonds. The van der Waals surface area contributed by atoms with Crippen LogP contribution in [0, 0.1) is 0 Å². The molecule has 3 rings (SSSR count). The van der Waals surface area contributed by atoms with Gasteiger partial charge in [0.05, 0.1) is 25.5 Å². The standard InChI is InChI=1S/C15H19N5O2S/c16-13(21)11-23-15-18-17-14(19-6-8-22-9-7-19)20(15)10-12-4-2-1-3-5-12/h1-5H,6-11H2,(H2,16,21). The molecule has 1 aromatic carbocycles. The number of primary amides is 1. The van der Waals surface area contributed by atoms with Crippen molar-refractivity contribution in [2.75, 3.05) is 37.0 Å². The summed E-state index contributed by atoms with van der Waals surface area (Å²) >= 11 is 1.32. The van der Waals surface area contributed by atoms with Gasteiger partial charge in [-0.25, -0.2) is 0 Å². The molecule has 0 aliphatic carbocycles. The highest BCUT2D eigenvalue weighted by molar-refractivity contribution is 7.99. The first-order chi connectivity index (χ1) is 11.2. The molecule has 1 aliphatic heterocycles. The van der Waals surface area contributed by atoms with Crippen molar-refractivity contribution < 1.29 is 9.53 Å². The number of ether oxygens (including phenoxy) is 1. The summed E-state index contributed by atoms with van der Waals surface area (Å²) < 4.78 is 7.44. The smallest absolute Gasteiger partial charge is 0.228 e. The van der Waals surface area contributed by atoms with Gasteiger partial charge in [0, 0.05) is 13.1 Å². The molecule has 122 valence electrons. The van der Waals surface area contributed by atoms with Gasteiger partial charge in [0.1, 0.15) is 0 Å². The van der Waals surface area contributed by atoms with Crippen LogP contribution in [0.5, 0.6) is 0 Å². The number of anilines is 1. The van der Waals surface area contributed by atoms with Crippen LogP contribution in [0.2, 0.25) is 0 Å². The van der Waals surface area contributed by atoms with Gasteiger partial charge in [-0.1, -0.05) is 42.1 Å². The summed E-state index contributed by atoms with van der Waals surface area (Å²) in [5.41, 5.74) is 6.40. The zero-order valence-electron chi connectivity index (χ0n) is 12.7. The third-order valence-electron chi connectivity index (χ3n) is 3.52. The highest BCUT2D eigenvalue weighted by Gasteiger charge is 2.21. The third kappa shape index (κ3) is 4.02. The minimum absolute atomic E-state index is 0.191. The fourth-order valence-corrected chi connectivity index (χ4v) is 3.10. The maximum absolute atomic E-state index is 11.1. The van der Waals surface area contributed by atoms with E-state index in [4.69, 9.17) is 10.5 Å². The summed E-state index contributed by atoms with van der Waals surface area (Å²) in [5, 5.41) is 9.27. The zero-order chi connectivity index (χ0) is 16.1. The minimum atomic E-state index is -0.364. The molecule has 1 fully saturated rings. The van der Waals surface area contributed by atoms with E-state index >= 15 is 0 Å². The average Bonchev–Trinajstić information content (AvgIpc) is 2.97. The molecule has 2 N–H and O–H groups in total. The molecule has 7 nitrogen and oxygen atoms in total. The van der Waals surface area contributed by atoms with Gasteiger partial charge in [-0.05, 0) is 5.56 Å². The van der Waals surface area contributed by atoms with Gasteiger partial charge in [-0.3, -0.25) is 9.36 Å². The summed E-state index contributed by atoms with van der Waals surface area (Å²) in [7, 11) is 0. The molecule has 1 aliphatic rings. The number of amides is 1. The van der Waals surface area contributed by atoms with Crippen LogP contribution in [-0.2, 0) is 16.1 Å². The number of hydrogen-bond donors (Lipinski definition) is 1. The van der Waals surface area contributed by atoms with Crippen molar-refractivity contribution in [1.29, 1.82) is 0 Å². The number of morpholine rings is 1. The second kappa shape index (κ2) is 7.47. The van der Waals surface area contributed by atoms with E-state index in [1.807, 2.05) is 22.8 Å². The van der Waals surface area contributed by atoms with E-state index in [2.05, 4.69) is 27.2 Å². The van der Waals surface area contributed by atoms with E-state index in [1.54, 1.807) is 0 Å². The Kier molecular flexibility index (Phi) is 5.14. The van der Waals surface area contributed by atoms with Gasteiger partial charge in [0.2, 0.25) is 11.9 Å². The Hall–Kier alpha value is -2.06. The Bertz CT molecular complexity index is 655. The monoisotopic (exact) mass is 333 g/mol. The molecule has 1 aromatic heterocycles. The lowest BCUT2D eigenvalue weighted by molar-refractivity contribution is -0.115. The zero-order valence-corrected chi connectivity index (χ0v) is 13.5. The van der Waals surface area contributed by atoms with Crippen molar-refractivity contribution in [2.24, 2.45) is 5.73 Å². The van der Waals surface area contributed by atoms with E-state index in [-0.39, 0.29) is 11.7 Å². The summed E-state index contributed by atoms with van der Waals surface area (Å²) in [5.74, 6) is 0.636. The maximum atomic E-state index is 11.1. The number of benzene rings is 1. The predicted octanol–water partition coefficient (Wildman–Crippen LogP) is 0.740. The SMILES string of the molecule is NC(=O)CSc1nnc(N2CCOCC2)n1Cc1ccccc1. The van der Waals surface area contributed by atoms with Gasteiger partial charge < -0.3 is 15.4 Å². The maximum Gasteiger partial charge on any atom is 0.228 e. The normalized spacial score (nSPS) is 14.9. The van der Waals surface area contributed by atoms with Crippen LogP contribution >= 0.6 is 11.8 Å². The van der Waals surface area contributed by atoms with E-state index in [1.165, 1.54) is 11.8 Å². The van der Waals surface area contributed by atoms with E-state index in [9.17, 15) is 4.79 Å². The van der Waals surface area contributed by atoms with Crippen molar-refractivity contribution in [3.05, 3.63) is 35.9 Å². The third-order valence-corrected chi connectivity index (χ3v) is 4.51. The van der Waals surface area contributed by atoms with Crippen molar-refractivity contribution in [3.8, 4) is 0 Å². The van der Waals surface area contributed by atoms with Crippen LogP contribution in [-0.4, -0.2) is 52.7 Å². The van der Waals surface area contributed by atoms with Crippen LogP contribution in [0.3, 0.4) is 0 Å². The van der Waals surface area contributed by atoms with Crippen LogP contribution in [0.1, 0.15) is 5.56 Å². The summed E-state index contributed by atoms with van der Waals surface area (Å²) in [4.78, 5) is 13.2. The second-order valence-electron chi connectivity index (χ2n) is 5.21. The highest BCUT2D eigenvalue weighted by Crippen LogP contribution is 2.23. The molecule has 2 heterocycles. The number of aromatic nitrogens is 3. The van der Waals surface area contributed by atoms with Gasteiger partial charge in [-0.2, -0.15) is 0 Å². The van der Waals surface area contributed by atoms with Crippen LogP contribution in [0.25, 0.3) is 0 Å². The van der Waals surface area contributed by atoms with Gasteiger partial charge in [0.25, 0.3) is 0 Å². The molecule has 0 unspecified atom stereocenters. The van der Waals surface area contributed by atoms with E-state index in [0.717, 1.165) is 24.6 Å². The number of hydrogen-bond acceptors (Lipinski definition) is 6. The van der Waals surface area contributed by atoms with Crippen molar-refractivity contribution in [2.45, 2.75) is 11.7 Å². The van der Waals surface area contributed by atoms with E-state index < -0.39 is 0 Å². The first kappa shape index (κ1) is 15.8. The molecule has 0 bridgehead atoms. The molecule has 0 saturated carbocycles. The number of rotatable bonds is 6. The lowest BCUT2D eigenvalue weighted by Gasteiger charge is -2.28. The molecule has 2 aromatic rings. The number of nitrogens with two attached hydrogens (primary N) is 1. The quantitative estimate of drug-likeness (QED) is 0.785. The van der Waals surface area contributed by atoms with Gasteiger partial charge in [-0.15, -0.1) is 10.2 Å². The van der Waals surface area contributed by atoms with Crippen molar-refractivity contribution in [1.82, 2.24) is 14.8 Å². The Morgan fingerprint density at radius 3 is 2.65 bits per heavy atom. The van der Waals surface area contributed by atoms with Crippen LogP contribution in [0.4, 0.5) is 5.95 Å². The molecule has 23 heavy (non-hydrogen) atoms. The van der Waals surface area contributed by atoms with Gasteiger partial charge in [0.15, 0.2) is 5.16 Å². The van der Waals surface area contributed by atoms with Crippen molar-refractivity contribution in [3.63, 3.8) is 0 Å². The lowest BCUT2D eigenvalue weighted by atomic mass is 10.2. The van der Waals surface area contributed by atoms with Crippen molar-refractivity contribution >= 4 is 23.6 Å². The molecule has 0 radical (unpaired) electrons. The Morgan fingerprint density at radius 2 is 1.96 bits per heavy atom. The van der Waals surface area contributed by atoms with E-state index in [0.29, 0.717) is 24.9 Å². The number of nitrogens with zero attached hydrogens (tertiary/aromatic N) is 4. The molecule has 1 saturated heterocycles. The van der Waals surface area contributed by atoms with Crippen LogP contribution < -0.4 is 10.6 Å². The fraction of sp³-hybridized carbons (Fsp3) is 0.400. The largest absolute Gasteiger partial charge is 0.378 e. The summed E-state index contributed by atoms with van der Waals surface area (Å²) in [6, 6.07) is 10.1. The summed E-state index contributed by atoms with van der Waals surface area (Å²) in [6.07, 6.45) is 0. The lowest BCUT2D eigenvalue weighted by Crippen LogP contribution is -2.38.